The zero-order chi connectivity index (χ0) is 13.1. The second-order valence-electron chi connectivity index (χ2n) is 4.87. The van der Waals surface area contributed by atoms with Gasteiger partial charge in [0.2, 0.25) is 11.8 Å². The van der Waals surface area contributed by atoms with E-state index in [1.54, 1.807) is 0 Å². The van der Waals surface area contributed by atoms with E-state index in [1.807, 2.05) is 13.8 Å². The molecule has 6 nitrogen and oxygen atoms in total. The summed E-state index contributed by atoms with van der Waals surface area (Å²) in [5.41, 5.74) is 10.3. The smallest absolute Gasteiger partial charge is 0.240 e. The molecule has 0 bridgehead atoms. The zero-order valence-electron chi connectivity index (χ0n) is 10.4. The molecule has 1 aliphatic rings. The molecule has 0 aromatic carbocycles. The van der Waals surface area contributed by atoms with E-state index >= 15 is 0 Å². The third-order valence-corrected chi connectivity index (χ3v) is 3.10. The third kappa shape index (κ3) is 3.41. The molecule has 6 heteroatoms. The van der Waals surface area contributed by atoms with Gasteiger partial charge in [0, 0.05) is 13.2 Å². The minimum absolute atomic E-state index is 0.0557. The molecule has 1 unspecified atom stereocenters. The molecule has 1 atom stereocenters. The molecule has 0 aromatic rings. The second-order valence-corrected chi connectivity index (χ2v) is 4.87. The number of nitrogens with one attached hydrogen (secondary N) is 1. The lowest BCUT2D eigenvalue weighted by atomic mass is 9.89. The maximum Gasteiger partial charge on any atom is 0.240 e. The van der Waals surface area contributed by atoms with Crippen molar-refractivity contribution < 1.29 is 14.3 Å². The van der Waals surface area contributed by atoms with Crippen molar-refractivity contribution in [2.45, 2.75) is 38.3 Å². The molecule has 0 radical (unpaired) electrons. The Bertz CT molecular complexity index is 298. The molecule has 1 rings (SSSR count). The van der Waals surface area contributed by atoms with E-state index in [4.69, 9.17) is 16.2 Å². The quantitative estimate of drug-likeness (QED) is 0.596. The third-order valence-electron chi connectivity index (χ3n) is 3.10. The average Bonchev–Trinajstić information content (AvgIpc) is 2.25. The van der Waals surface area contributed by atoms with Gasteiger partial charge >= 0.3 is 0 Å². The van der Waals surface area contributed by atoms with Crippen LogP contribution in [0.15, 0.2) is 0 Å². The first-order chi connectivity index (χ1) is 7.87. The molecule has 2 amide bonds. The van der Waals surface area contributed by atoms with Crippen molar-refractivity contribution in [3.05, 3.63) is 0 Å². The van der Waals surface area contributed by atoms with E-state index < -0.39 is 17.5 Å². The summed E-state index contributed by atoms with van der Waals surface area (Å²) in [6.07, 6.45) is 0.921. The van der Waals surface area contributed by atoms with Crippen molar-refractivity contribution in [3.63, 3.8) is 0 Å². The van der Waals surface area contributed by atoms with Gasteiger partial charge < -0.3 is 21.5 Å². The van der Waals surface area contributed by atoms with Gasteiger partial charge in [-0.15, -0.1) is 0 Å². The van der Waals surface area contributed by atoms with E-state index in [0.717, 1.165) is 0 Å². The predicted molar refractivity (Wildman–Crippen MR) is 62.9 cm³/mol. The van der Waals surface area contributed by atoms with E-state index in [0.29, 0.717) is 26.1 Å². The standard InChI is InChI=1S/C11H21N3O3/c1-7(2)8(9(12)15)14-10(16)11(13)3-5-17-6-4-11/h7-8H,3-6,13H2,1-2H3,(H2,12,15)(H,14,16). The molecule has 5 N–H and O–H groups in total. The fraction of sp³-hybridized carbons (Fsp3) is 0.818. The van der Waals surface area contributed by atoms with Gasteiger partial charge in [-0.2, -0.15) is 0 Å². The van der Waals surface area contributed by atoms with Gasteiger partial charge in [-0.05, 0) is 18.8 Å². The fourth-order valence-corrected chi connectivity index (χ4v) is 1.81. The number of primary amides is 1. The van der Waals surface area contributed by atoms with Crippen molar-refractivity contribution in [3.8, 4) is 0 Å². The SMILES string of the molecule is CC(C)C(NC(=O)C1(N)CCOCC1)C(N)=O. The van der Waals surface area contributed by atoms with Crippen molar-refractivity contribution in [2.75, 3.05) is 13.2 Å². The molecule has 98 valence electrons. The van der Waals surface area contributed by atoms with E-state index in [9.17, 15) is 9.59 Å². The van der Waals surface area contributed by atoms with Crippen LogP contribution in [0.5, 0.6) is 0 Å². The van der Waals surface area contributed by atoms with Gasteiger partial charge in [-0.3, -0.25) is 9.59 Å². The van der Waals surface area contributed by atoms with E-state index in [2.05, 4.69) is 5.32 Å². The molecule has 17 heavy (non-hydrogen) atoms. The van der Waals surface area contributed by atoms with Gasteiger partial charge in [0.1, 0.15) is 6.04 Å². The molecule has 0 saturated carbocycles. The van der Waals surface area contributed by atoms with Gasteiger partial charge in [0.25, 0.3) is 0 Å². The summed E-state index contributed by atoms with van der Waals surface area (Å²) in [6, 6.07) is -0.675. The molecule has 0 spiro atoms. The number of nitrogens with two attached hydrogens (primary N) is 2. The minimum atomic E-state index is -0.944. The highest BCUT2D eigenvalue weighted by molar-refractivity contribution is 5.91. The number of rotatable bonds is 4. The van der Waals surface area contributed by atoms with E-state index in [-0.39, 0.29) is 11.8 Å². The zero-order valence-corrected chi connectivity index (χ0v) is 10.4. The Kier molecular flexibility index (Phi) is 4.47. The maximum absolute atomic E-state index is 12.0. The normalized spacial score (nSPS) is 20.9. The Morgan fingerprint density at radius 2 is 1.82 bits per heavy atom. The summed E-state index contributed by atoms with van der Waals surface area (Å²) in [5, 5.41) is 2.63. The first kappa shape index (κ1) is 13.9. The molecule has 1 fully saturated rings. The van der Waals surface area contributed by atoms with Crippen molar-refractivity contribution >= 4 is 11.8 Å². The summed E-state index contributed by atoms with van der Waals surface area (Å²) in [5.74, 6) is -0.915. The number of carbonyl (C=O) groups is 2. The van der Waals surface area contributed by atoms with Gasteiger partial charge in [0.15, 0.2) is 0 Å². The highest BCUT2D eigenvalue weighted by atomic mass is 16.5. The van der Waals surface area contributed by atoms with Crippen LogP contribution in [0.4, 0.5) is 0 Å². The number of hydrogen-bond acceptors (Lipinski definition) is 4. The van der Waals surface area contributed by atoms with Crippen LogP contribution in [0, 0.1) is 5.92 Å². The lowest BCUT2D eigenvalue weighted by Gasteiger charge is -2.33. The molecule has 1 saturated heterocycles. The van der Waals surface area contributed by atoms with E-state index in [1.165, 1.54) is 0 Å². The summed E-state index contributed by atoms with van der Waals surface area (Å²) in [6.45, 7) is 4.57. The second kappa shape index (κ2) is 5.46. The number of hydrogen-bond donors (Lipinski definition) is 3. The van der Waals surface area contributed by atoms with Crippen LogP contribution in [0.3, 0.4) is 0 Å². The first-order valence-electron chi connectivity index (χ1n) is 5.84. The largest absolute Gasteiger partial charge is 0.381 e. The Morgan fingerprint density at radius 3 is 2.24 bits per heavy atom. The Hall–Kier alpha value is -1.14. The summed E-state index contributed by atoms with van der Waals surface area (Å²) >= 11 is 0. The average molecular weight is 243 g/mol. The number of amides is 2. The molecule has 1 heterocycles. The van der Waals surface area contributed by atoms with Crippen LogP contribution in [0.1, 0.15) is 26.7 Å². The number of ether oxygens (including phenoxy) is 1. The van der Waals surface area contributed by atoms with Crippen LogP contribution < -0.4 is 16.8 Å². The van der Waals surface area contributed by atoms with Gasteiger partial charge in [0.05, 0.1) is 5.54 Å². The minimum Gasteiger partial charge on any atom is -0.381 e. The van der Waals surface area contributed by atoms with Gasteiger partial charge in [-0.25, -0.2) is 0 Å². The van der Waals surface area contributed by atoms with Crippen molar-refractivity contribution in [2.24, 2.45) is 17.4 Å². The molecule has 1 aliphatic heterocycles. The van der Waals surface area contributed by atoms with Crippen LogP contribution in [0.2, 0.25) is 0 Å². The molecular formula is C11H21N3O3. The Labute approximate surface area is 101 Å². The molecular weight excluding hydrogens is 222 g/mol. The molecule has 0 aliphatic carbocycles. The highest BCUT2D eigenvalue weighted by Gasteiger charge is 2.38. The first-order valence-corrected chi connectivity index (χ1v) is 5.84. The van der Waals surface area contributed by atoms with Crippen molar-refractivity contribution in [1.29, 1.82) is 0 Å². The topological polar surface area (TPSA) is 107 Å². The molecule has 0 aromatic heterocycles. The monoisotopic (exact) mass is 243 g/mol. The lowest BCUT2D eigenvalue weighted by Crippen LogP contribution is -2.61. The van der Waals surface area contributed by atoms with Crippen LogP contribution in [-0.4, -0.2) is 36.6 Å². The van der Waals surface area contributed by atoms with Gasteiger partial charge in [-0.1, -0.05) is 13.8 Å². The highest BCUT2D eigenvalue weighted by Crippen LogP contribution is 2.18. The fourth-order valence-electron chi connectivity index (χ4n) is 1.81. The van der Waals surface area contributed by atoms with Crippen molar-refractivity contribution in [1.82, 2.24) is 5.32 Å². The lowest BCUT2D eigenvalue weighted by molar-refractivity contribution is -0.134. The Balaban J connectivity index is 2.66. The van der Waals surface area contributed by atoms with Crippen LogP contribution in [0.25, 0.3) is 0 Å². The Morgan fingerprint density at radius 1 is 1.29 bits per heavy atom. The summed E-state index contributed by atoms with van der Waals surface area (Å²) < 4.78 is 5.16. The maximum atomic E-state index is 12.0. The number of carbonyl (C=O) groups excluding carboxylic acids is 2. The van der Waals surface area contributed by atoms with Crippen LogP contribution in [-0.2, 0) is 14.3 Å². The predicted octanol–water partition coefficient (Wildman–Crippen LogP) is -0.880. The summed E-state index contributed by atoms with van der Waals surface area (Å²) in [4.78, 5) is 23.2. The summed E-state index contributed by atoms with van der Waals surface area (Å²) in [7, 11) is 0. The van der Waals surface area contributed by atoms with Crippen LogP contribution >= 0.6 is 0 Å².